The van der Waals surface area contributed by atoms with E-state index in [9.17, 15) is 19.1 Å². The Morgan fingerprint density at radius 1 is 1.14 bits per heavy atom. The quantitative estimate of drug-likeness (QED) is 0.256. The van der Waals surface area contributed by atoms with Crippen molar-refractivity contribution in [1.29, 1.82) is 0 Å². The number of fused-ring (bicyclic) bond motifs is 1. The van der Waals surface area contributed by atoms with Gasteiger partial charge < -0.3 is 19.9 Å². The maximum Gasteiger partial charge on any atom is 0.284 e. The van der Waals surface area contributed by atoms with Crippen LogP contribution in [0.25, 0.3) is 16.6 Å². The molecule has 0 saturated heterocycles. The molecule has 0 spiro atoms. The summed E-state index contributed by atoms with van der Waals surface area (Å²) in [4.78, 5) is 30.8. The van der Waals surface area contributed by atoms with E-state index in [1.165, 1.54) is 35.2 Å². The molecule has 1 aliphatic carbocycles. The Bertz CT molecular complexity index is 1850. The van der Waals surface area contributed by atoms with Crippen molar-refractivity contribution in [2.75, 3.05) is 11.9 Å². The number of nitrogens with zero attached hydrogens (tertiary/aromatic N) is 3. The summed E-state index contributed by atoms with van der Waals surface area (Å²) in [6.45, 7) is 6.82. The zero-order chi connectivity index (χ0) is 31.1. The molecule has 224 valence electrons. The molecule has 2 aromatic heterocycles. The van der Waals surface area contributed by atoms with Gasteiger partial charge in [-0.3, -0.25) is 19.3 Å². The van der Waals surface area contributed by atoms with Crippen molar-refractivity contribution < 1.29 is 28.2 Å². The highest BCUT2D eigenvalue weighted by Gasteiger charge is 2.27. The van der Waals surface area contributed by atoms with Crippen molar-refractivity contribution >= 4 is 28.2 Å². The van der Waals surface area contributed by atoms with Crippen LogP contribution in [0.2, 0.25) is 0 Å². The highest BCUT2D eigenvalue weighted by Crippen LogP contribution is 2.33. The van der Waals surface area contributed by atoms with Gasteiger partial charge in [0.05, 0.1) is 16.8 Å². The van der Waals surface area contributed by atoms with E-state index in [0.717, 1.165) is 6.07 Å². The first-order valence-electron chi connectivity index (χ1n) is 13.7. The molecule has 43 heavy (non-hydrogen) atoms. The fourth-order valence-corrected chi connectivity index (χ4v) is 4.86. The fraction of sp³-hybridized carbons (Fsp3) is 0.281. The van der Waals surface area contributed by atoms with E-state index in [4.69, 9.17) is 9.47 Å². The normalized spacial score (nSPS) is 15.2. The first kappa shape index (κ1) is 29.7. The summed E-state index contributed by atoms with van der Waals surface area (Å²) < 4.78 is 43.3. The molecule has 0 aliphatic heterocycles. The number of halogens is 2. The van der Waals surface area contributed by atoms with Crippen LogP contribution in [-0.2, 0) is 7.05 Å². The summed E-state index contributed by atoms with van der Waals surface area (Å²) in [5.74, 6) is -1.17. The molecule has 1 aliphatic rings. The molecule has 1 atom stereocenters. The van der Waals surface area contributed by atoms with Gasteiger partial charge in [0.25, 0.3) is 11.5 Å². The number of carbonyl (C=O) groups is 1. The number of carbonyl (C=O) groups excluding carboxylic acids is 1. The highest BCUT2D eigenvalue weighted by atomic mass is 19.1. The molecule has 0 fully saturated rings. The number of aliphatic hydroxyl groups is 1. The lowest BCUT2D eigenvalue weighted by Gasteiger charge is -2.20. The smallest absolute Gasteiger partial charge is 0.284 e. The van der Waals surface area contributed by atoms with Crippen molar-refractivity contribution in [2.24, 2.45) is 13.0 Å². The SMILES string of the molecule is Cc1c(C(=O)Nc2ccc(Oc3ccnc4cc(OCC(C)(C)O)ccc34)c(F)c2)c(=O)n(C2=CC=C(F)CC2C)n1C. The lowest BCUT2D eigenvalue weighted by molar-refractivity contribution is 0.0285. The van der Waals surface area contributed by atoms with Crippen LogP contribution in [0.5, 0.6) is 17.2 Å². The number of amides is 1. The Hall–Kier alpha value is -4.77. The van der Waals surface area contributed by atoms with Crippen LogP contribution in [0, 0.1) is 18.7 Å². The van der Waals surface area contributed by atoms with Crippen LogP contribution in [-0.4, -0.2) is 37.6 Å². The van der Waals surface area contributed by atoms with Crippen LogP contribution in [0.4, 0.5) is 14.5 Å². The second-order valence-corrected chi connectivity index (χ2v) is 11.2. The van der Waals surface area contributed by atoms with Crippen LogP contribution in [0.1, 0.15) is 43.2 Å². The molecular weight excluding hydrogens is 558 g/mol. The second kappa shape index (κ2) is 11.5. The largest absolute Gasteiger partial charge is 0.491 e. The summed E-state index contributed by atoms with van der Waals surface area (Å²) in [6.07, 6.45) is 4.54. The van der Waals surface area contributed by atoms with Crippen molar-refractivity contribution in [1.82, 2.24) is 14.3 Å². The number of ether oxygens (including phenoxy) is 2. The summed E-state index contributed by atoms with van der Waals surface area (Å²) >= 11 is 0. The minimum Gasteiger partial charge on any atom is -0.491 e. The average molecular weight is 591 g/mol. The van der Waals surface area contributed by atoms with Gasteiger partial charge in [-0.15, -0.1) is 0 Å². The molecular formula is C32H32F2N4O5. The predicted molar refractivity (Wildman–Crippen MR) is 160 cm³/mol. The number of aromatic nitrogens is 3. The molecule has 0 radical (unpaired) electrons. The molecule has 2 heterocycles. The van der Waals surface area contributed by atoms with Gasteiger partial charge in [-0.1, -0.05) is 6.92 Å². The van der Waals surface area contributed by atoms with Gasteiger partial charge in [-0.25, -0.2) is 13.5 Å². The fourth-order valence-electron chi connectivity index (χ4n) is 4.86. The lowest BCUT2D eigenvalue weighted by Crippen LogP contribution is -2.28. The lowest BCUT2D eigenvalue weighted by atomic mass is 9.98. The average Bonchev–Trinajstić information content (AvgIpc) is 3.16. The number of pyridine rings is 1. The Morgan fingerprint density at radius 3 is 2.60 bits per heavy atom. The first-order valence-corrected chi connectivity index (χ1v) is 13.7. The molecule has 4 aromatic rings. The van der Waals surface area contributed by atoms with E-state index in [2.05, 4.69) is 10.3 Å². The minimum absolute atomic E-state index is 0.0791. The van der Waals surface area contributed by atoms with E-state index in [1.54, 1.807) is 63.7 Å². The molecule has 1 unspecified atom stereocenters. The van der Waals surface area contributed by atoms with Gasteiger partial charge in [-0.05, 0) is 63.3 Å². The zero-order valence-corrected chi connectivity index (χ0v) is 24.4. The third-order valence-electron chi connectivity index (χ3n) is 7.14. The Balaban J connectivity index is 1.35. The van der Waals surface area contributed by atoms with Crippen LogP contribution in [0.15, 0.2) is 71.4 Å². The van der Waals surface area contributed by atoms with Crippen LogP contribution < -0.4 is 20.3 Å². The van der Waals surface area contributed by atoms with Gasteiger partial charge in [0.2, 0.25) is 0 Å². The monoisotopic (exact) mass is 590 g/mol. The molecule has 9 nitrogen and oxygen atoms in total. The molecule has 0 saturated carbocycles. The molecule has 2 aromatic carbocycles. The zero-order valence-electron chi connectivity index (χ0n) is 24.4. The summed E-state index contributed by atoms with van der Waals surface area (Å²) in [5, 5.41) is 13.1. The Labute approximate surface area is 246 Å². The van der Waals surface area contributed by atoms with Crippen LogP contribution in [0.3, 0.4) is 0 Å². The van der Waals surface area contributed by atoms with Crippen molar-refractivity contribution in [3.63, 3.8) is 0 Å². The van der Waals surface area contributed by atoms with Gasteiger partial charge in [0, 0.05) is 54.5 Å². The number of hydrogen-bond acceptors (Lipinski definition) is 6. The number of benzene rings is 2. The number of anilines is 1. The van der Waals surface area contributed by atoms with Gasteiger partial charge in [-0.2, -0.15) is 0 Å². The third-order valence-corrected chi connectivity index (χ3v) is 7.14. The van der Waals surface area contributed by atoms with Crippen molar-refractivity contribution in [3.05, 3.63) is 94.1 Å². The van der Waals surface area contributed by atoms with Crippen LogP contribution >= 0.6 is 0 Å². The summed E-state index contributed by atoms with van der Waals surface area (Å²) in [6, 6.07) is 10.7. The molecule has 5 rings (SSSR count). The summed E-state index contributed by atoms with van der Waals surface area (Å²) in [7, 11) is 1.65. The molecule has 0 bridgehead atoms. The summed E-state index contributed by atoms with van der Waals surface area (Å²) in [5.41, 5.74) is 0.0199. The Kier molecular flexibility index (Phi) is 7.94. The third kappa shape index (κ3) is 6.21. The van der Waals surface area contributed by atoms with E-state index in [-0.39, 0.29) is 41.8 Å². The second-order valence-electron chi connectivity index (χ2n) is 11.2. The van der Waals surface area contributed by atoms with E-state index < -0.39 is 22.9 Å². The first-order chi connectivity index (χ1) is 20.3. The van der Waals surface area contributed by atoms with E-state index >= 15 is 4.39 Å². The molecule has 11 heteroatoms. The number of nitrogens with one attached hydrogen (secondary N) is 1. The maximum absolute atomic E-state index is 15.2. The standard InChI is InChI=1S/C32H32F2N4O5/c1-18-14-20(33)6-10-26(18)38-31(40)29(19(2)37(38)5)30(39)36-21-7-11-28(24(34)15-21)43-27-12-13-35-25-16-22(8-9-23(25)27)42-17-32(3,4)41/h6-13,15-16,18,41H,14,17H2,1-5H3,(H,36,39). The minimum atomic E-state index is -0.999. The van der Waals surface area contributed by atoms with Gasteiger partial charge >= 0.3 is 0 Å². The predicted octanol–water partition coefficient (Wildman–Crippen LogP) is 6.11. The maximum atomic E-state index is 15.2. The number of hydrogen-bond donors (Lipinski definition) is 2. The van der Waals surface area contributed by atoms with E-state index in [1.807, 2.05) is 0 Å². The van der Waals surface area contributed by atoms with Gasteiger partial charge in [0.15, 0.2) is 11.6 Å². The van der Waals surface area contributed by atoms with Gasteiger partial charge in [0.1, 0.15) is 29.5 Å². The van der Waals surface area contributed by atoms with Crippen molar-refractivity contribution in [3.8, 4) is 17.2 Å². The highest BCUT2D eigenvalue weighted by molar-refractivity contribution is 6.05. The van der Waals surface area contributed by atoms with Crippen molar-refractivity contribution in [2.45, 2.75) is 39.7 Å². The number of rotatable bonds is 8. The molecule has 2 N–H and O–H groups in total. The molecule has 1 amide bonds. The number of allylic oxidation sites excluding steroid dienone is 4. The Morgan fingerprint density at radius 2 is 1.91 bits per heavy atom. The van der Waals surface area contributed by atoms with E-state index in [0.29, 0.717) is 33.8 Å². The topological polar surface area (TPSA) is 108 Å².